The van der Waals surface area contributed by atoms with Crippen molar-refractivity contribution in [1.82, 2.24) is 4.90 Å². The van der Waals surface area contributed by atoms with Gasteiger partial charge in [-0.2, -0.15) is 0 Å². The van der Waals surface area contributed by atoms with Gasteiger partial charge in [0.25, 0.3) is 0 Å². The second kappa shape index (κ2) is 3.94. The van der Waals surface area contributed by atoms with Crippen LogP contribution in [0, 0.1) is 10.8 Å². The molecular formula is C15H27N. The number of allylic oxidation sites excluding steroid dienone is 4. The van der Waals surface area contributed by atoms with E-state index < -0.39 is 0 Å². The molecule has 1 aliphatic heterocycles. The van der Waals surface area contributed by atoms with Crippen LogP contribution in [0.3, 0.4) is 0 Å². The Hall–Kier alpha value is -0.720. The molecule has 1 nitrogen and oxygen atoms in total. The number of nitrogens with zero attached hydrogens (tertiary/aromatic N) is 1. The summed E-state index contributed by atoms with van der Waals surface area (Å²) in [7, 11) is 2.19. The Balaban J connectivity index is 3.32. The molecule has 0 saturated heterocycles. The Labute approximate surface area is 101 Å². The molecule has 1 heterocycles. The van der Waals surface area contributed by atoms with Crippen molar-refractivity contribution in [3.63, 3.8) is 0 Å². The molecular weight excluding hydrogens is 194 g/mol. The average molecular weight is 221 g/mol. The molecule has 0 atom stereocenters. The third kappa shape index (κ3) is 2.50. The second-order valence-corrected chi connectivity index (χ2v) is 6.94. The highest BCUT2D eigenvalue weighted by atomic mass is 15.1. The van der Waals surface area contributed by atoms with Crippen LogP contribution in [0.5, 0.6) is 0 Å². The van der Waals surface area contributed by atoms with Gasteiger partial charge in [-0.05, 0) is 24.3 Å². The molecule has 0 spiro atoms. The lowest BCUT2D eigenvalue weighted by atomic mass is 9.75. The lowest BCUT2D eigenvalue weighted by Gasteiger charge is -2.41. The van der Waals surface area contributed by atoms with Gasteiger partial charge in [0.15, 0.2) is 0 Å². The van der Waals surface area contributed by atoms with Gasteiger partial charge >= 0.3 is 0 Å². The minimum absolute atomic E-state index is 0.215. The summed E-state index contributed by atoms with van der Waals surface area (Å²) in [6.45, 7) is 16.1. The molecule has 0 saturated carbocycles. The maximum atomic E-state index is 2.37. The predicted octanol–water partition coefficient (Wildman–Crippen LogP) is 4.57. The molecule has 0 radical (unpaired) electrons. The summed E-state index contributed by atoms with van der Waals surface area (Å²) in [6, 6.07) is 0. The van der Waals surface area contributed by atoms with Gasteiger partial charge in [0, 0.05) is 23.9 Å². The quantitative estimate of drug-likeness (QED) is 0.579. The van der Waals surface area contributed by atoms with Crippen LogP contribution >= 0.6 is 0 Å². The number of rotatable bonds is 0. The van der Waals surface area contributed by atoms with Crippen LogP contribution in [0.15, 0.2) is 23.0 Å². The SMILES string of the molecule is CC1=CCC(C(C)(C)C)=C(C(C)(C)C)N1C. The largest absolute Gasteiger partial charge is 0.352 e. The van der Waals surface area contributed by atoms with Crippen molar-refractivity contribution in [3.05, 3.63) is 23.0 Å². The van der Waals surface area contributed by atoms with E-state index in [4.69, 9.17) is 0 Å². The van der Waals surface area contributed by atoms with Crippen molar-refractivity contribution in [2.75, 3.05) is 7.05 Å². The lowest BCUT2D eigenvalue weighted by molar-refractivity contribution is 0.319. The summed E-state index contributed by atoms with van der Waals surface area (Å²) in [5.41, 5.74) is 4.92. The minimum Gasteiger partial charge on any atom is -0.352 e. The van der Waals surface area contributed by atoms with E-state index in [1.807, 2.05) is 0 Å². The van der Waals surface area contributed by atoms with Crippen LogP contribution in [0.1, 0.15) is 54.9 Å². The molecule has 1 rings (SSSR count). The monoisotopic (exact) mass is 221 g/mol. The summed E-state index contributed by atoms with van der Waals surface area (Å²) in [6.07, 6.45) is 3.45. The average Bonchev–Trinajstić information content (AvgIpc) is 2.05. The molecule has 0 aromatic rings. The summed E-state index contributed by atoms with van der Waals surface area (Å²) in [5, 5.41) is 0. The first-order valence-corrected chi connectivity index (χ1v) is 6.19. The van der Waals surface area contributed by atoms with Crippen molar-refractivity contribution in [2.24, 2.45) is 10.8 Å². The van der Waals surface area contributed by atoms with Gasteiger partial charge in [-0.15, -0.1) is 0 Å². The van der Waals surface area contributed by atoms with E-state index in [1.54, 1.807) is 5.57 Å². The van der Waals surface area contributed by atoms with Gasteiger partial charge in [-0.3, -0.25) is 0 Å². The fraction of sp³-hybridized carbons (Fsp3) is 0.733. The highest BCUT2D eigenvalue weighted by Crippen LogP contribution is 2.43. The normalized spacial score (nSPS) is 19.0. The van der Waals surface area contributed by atoms with Gasteiger partial charge in [-0.1, -0.05) is 47.6 Å². The fourth-order valence-electron chi connectivity index (χ4n) is 2.48. The van der Waals surface area contributed by atoms with Crippen molar-refractivity contribution in [2.45, 2.75) is 54.9 Å². The molecule has 0 unspecified atom stereocenters. The van der Waals surface area contributed by atoms with Crippen LogP contribution in [0.2, 0.25) is 0 Å². The molecule has 0 amide bonds. The molecule has 0 fully saturated rings. The van der Waals surface area contributed by atoms with E-state index in [0.29, 0.717) is 0 Å². The van der Waals surface area contributed by atoms with Crippen LogP contribution in [0.4, 0.5) is 0 Å². The first kappa shape index (κ1) is 13.3. The van der Waals surface area contributed by atoms with Gasteiger partial charge in [0.05, 0.1) is 0 Å². The summed E-state index contributed by atoms with van der Waals surface area (Å²) in [5.74, 6) is 0. The van der Waals surface area contributed by atoms with Gasteiger partial charge < -0.3 is 4.90 Å². The van der Waals surface area contributed by atoms with E-state index in [-0.39, 0.29) is 10.8 Å². The third-order valence-corrected chi connectivity index (χ3v) is 3.37. The van der Waals surface area contributed by atoms with Crippen LogP contribution in [-0.2, 0) is 0 Å². The Kier molecular flexibility index (Phi) is 3.29. The van der Waals surface area contributed by atoms with Crippen molar-refractivity contribution in [1.29, 1.82) is 0 Å². The zero-order chi connectivity index (χ0) is 12.7. The van der Waals surface area contributed by atoms with E-state index in [2.05, 4.69) is 66.5 Å². The Morgan fingerprint density at radius 3 is 1.88 bits per heavy atom. The van der Waals surface area contributed by atoms with Gasteiger partial charge in [0.2, 0.25) is 0 Å². The molecule has 1 heteroatoms. The van der Waals surface area contributed by atoms with E-state index in [9.17, 15) is 0 Å². The Morgan fingerprint density at radius 2 is 1.50 bits per heavy atom. The molecule has 0 aromatic carbocycles. The van der Waals surface area contributed by atoms with Crippen LogP contribution in [0.25, 0.3) is 0 Å². The second-order valence-electron chi connectivity index (χ2n) is 6.94. The first-order chi connectivity index (χ1) is 7.05. The summed E-state index contributed by atoms with van der Waals surface area (Å²) < 4.78 is 0. The third-order valence-electron chi connectivity index (χ3n) is 3.37. The molecule has 16 heavy (non-hydrogen) atoms. The summed E-state index contributed by atoms with van der Waals surface area (Å²) in [4.78, 5) is 2.37. The highest BCUT2D eigenvalue weighted by Gasteiger charge is 2.32. The number of hydrogen-bond donors (Lipinski definition) is 0. The standard InChI is InChI=1S/C15H27N/c1-11-9-10-12(14(2,3)4)13(16(11)8)15(5,6)7/h9H,10H2,1-8H3. The fourth-order valence-corrected chi connectivity index (χ4v) is 2.48. The van der Waals surface area contributed by atoms with E-state index in [0.717, 1.165) is 6.42 Å². The molecule has 1 aliphatic rings. The molecule has 0 aromatic heterocycles. The number of hydrogen-bond acceptors (Lipinski definition) is 1. The molecule has 0 aliphatic carbocycles. The van der Waals surface area contributed by atoms with E-state index in [1.165, 1.54) is 11.4 Å². The maximum absolute atomic E-state index is 2.37. The highest BCUT2D eigenvalue weighted by molar-refractivity contribution is 5.32. The predicted molar refractivity (Wildman–Crippen MR) is 72.1 cm³/mol. The van der Waals surface area contributed by atoms with Crippen molar-refractivity contribution < 1.29 is 0 Å². The van der Waals surface area contributed by atoms with Gasteiger partial charge in [0.1, 0.15) is 0 Å². The molecule has 0 bridgehead atoms. The Bertz CT molecular complexity index is 331. The van der Waals surface area contributed by atoms with E-state index >= 15 is 0 Å². The van der Waals surface area contributed by atoms with Crippen molar-refractivity contribution >= 4 is 0 Å². The van der Waals surface area contributed by atoms with Crippen molar-refractivity contribution in [3.8, 4) is 0 Å². The first-order valence-electron chi connectivity index (χ1n) is 6.19. The topological polar surface area (TPSA) is 3.24 Å². The molecule has 0 N–H and O–H groups in total. The summed E-state index contributed by atoms with van der Waals surface area (Å²) >= 11 is 0. The van der Waals surface area contributed by atoms with Gasteiger partial charge in [-0.25, -0.2) is 0 Å². The Morgan fingerprint density at radius 1 is 1.00 bits per heavy atom. The zero-order valence-corrected chi connectivity index (χ0v) is 12.2. The van der Waals surface area contributed by atoms with Crippen LogP contribution < -0.4 is 0 Å². The smallest absolute Gasteiger partial charge is 0.0227 e. The lowest BCUT2D eigenvalue weighted by Crippen LogP contribution is -2.32. The molecule has 92 valence electrons. The maximum Gasteiger partial charge on any atom is 0.0227 e. The zero-order valence-electron chi connectivity index (χ0n) is 12.2. The minimum atomic E-state index is 0.215. The van der Waals surface area contributed by atoms with Crippen LogP contribution in [-0.4, -0.2) is 11.9 Å².